The van der Waals surface area contributed by atoms with Crippen LogP contribution in [0, 0.1) is 19.8 Å². The molecule has 0 amide bonds. The molecule has 0 aromatic heterocycles. The zero-order chi connectivity index (χ0) is 32.6. The molecule has 233 valence electrons. The van der Waals surface area contributed by atoms with Gasteiger partial charge in [-0.15, -0.1) is 0 Å². The number of hydrogen-bond acceptors (Lipinski definition) is 0. The van der Waals surface area contributed by atoms with Crippen LogP contribution >= 0.6 is 17.0 Å². The van der Waals surface area contributed by atoms with Gasteiger partial charge >= 0.3 is 286 Å². The summed E-state index contributed by atoms with van der Waals surface area (Å²) in [4.78, 5) is 0. The third-order valence-corrected chi connectivity index (χ3v) is 63.0. The van der Waals surface area contributed by atoms with Gasteiger partial charge in [-0.05, 0) is 0 Å². The minimum absolute atomic E-state index is 0.0709. The van der Waals surface area contributed by atoms with Gasteiger partial charge in [-0.3, -0.25) is 0 Å². The molecule has 2 aliphatic rings. The van der Waals surface area contributed by atoms with Crippen molar-refractivity contribution in [3.63, 3.8) is 0 Å². The summed E-state index contributed by atoms with van der Waals surface area (Å²) in [5.41, 5.74) is 15.9. The van der Waals surface area contributed by atoms with E-state index in [1.807, 2.05) is 0 Å². The van der Waals surface area contributed by atoms with Crippen LogP contribution in [0.5, 0.6) is 0 Å². The van der Waals surface area contributed by atoms with Crippen molar-refractivity contribution in [3.05, 3.63) is 142 Å². The molecule has 5 aromatic carbocycles. The summed E-state index contributed by atoms with van der Waals surface area (Å²) in [6.45, 7) is 16.3. The number of halogens is 2. The molecule has 0 saturated carbocycles. The summed E-state index contributed by atoms with van der Waals surface area (Å²) >= 11 is -4.86. The van der Waals surface area contributed by atoms with Crippen LogP contribution in [0.3, 0.4) is 0 Å². The fraction of sp³-hybridized carbons (Fsp3) is 0.238. The first-order valence-electron chi connectivity index (χ1n) is 16.7. The van der Waals surface area contributed by atoms with Gasteiger partial charge in [0.2, 0.25) is 0 Å². The van der Waals surface area contributed by atoms with Gasteiger partial charge in [0.15, 0.2) is 0 Å². The molecule has 7 rings (SSSR count). The SMILES string of the molecule is CC1=Cc2c(-c3cccc4ccccc34)ccc(C)c2[CH]1[Zr]([Cl])([Cl])([CH]1C(C(C)C)=Cc2c(-c3ccccc3C)cccc21)[SiH](C)C. The number of rotatable bonds is 6. The van der Waals surface area contributed by atoms with Crippen molar-refractivity contribution in [2.24, 2.45) is 5.92 Å². The Morgan fingerprint density at radius 1 is 0.609 bits per heavy atom. The molecule has 0 saturated heterocycles. The van der Waals surface area contributed by atoms with Crippen LogP contribution in [-0.2, 0) is 15.6 Å². The molecule has 0 N–H and O–H groups in total. The van der Waals surface area contributed by atoms with Crippen molar-refractivity contribution in [1.82, 2.24) is 0 Å². The average Bonchev–Trinajstić information content (AvgIpc) is 3.62. The molecular formula is C42H43Cl2SiZr. The third-order valence-electron chi connectivity index (χ3n) is 11.1. The van der Waals surface area contributed by atoms with Gasteiger partial charge in [0, 0.05) is 0 Å². The van der Waals surface area contributed by atoms with Crippen LogP contribution in [0.15, 0.2) is 108 Å². The molecule has 0 bridgehead atoms. The summed E-state index contributed by atoms with van der Waals surface area (Å²) in [6.07, 6.45) is 4.92. The first kappa shape index (κ1) is 32.1. The molecular weight excluding hydrogens is 695 g/mol. The van der Waals surface area contributed by atoms with E-state index in [4.69, 9.17) is 17.0 Å². The summed E-state index contributed by atoms with van der Waals surface area (Å²) in [5, 5.41) is 2.54. The molecule has 2 unspecified atom stereocenters. The van der Waals surface area contributed by atoms with Crippen molar-refractivity contribution < 1.29 is 15.6 Å². The van der Waals surface area contributed by atoms with Crippen molar-refractivity contribution in [1.29, 1.82) is 0 Å². The van der Waals surface area contributed by atoms with Crippen LogP contribution in [0.1, 0.15) is 61.4 Å². The molecule has 2 atom stereocenters. The van der Waals surface area contributed by atoms with Crippen molar-refractivity contribution in [3.8, 4) is 22.3 Å². The number of fused-ring (bicyclic) bond motifs is 3. The van der Waals surface area contributed by atoms with E-state index < -0.39 is 21.5 Å². The van der Waals surface area contributed by atoms with E-state index in [1.165, 1.54) is 77.6 Å². The first-order valence-corrected chi connectivity index (χ1v) is 33.0. The van der Waals surface area contributed by atoms with Crippen LogP contribution in [-0.4, -0.2) is 5.92 Å². The van der Waals surface area contributed by atoms with E-state index in [0.29, 0.717) is 5.92 Å². The molecule has 4 heteroatoms. The van der Waals surface area contributed by atoms with Crippen LogP contribution < -0.4 is 0 Å². The minimum atomic E-state index is -4.86. The number of allylic oxidation sites excluding steroid dienone is 2. The molecule has 2 aliphatic carbocycles. The fourth-order valence-corrected chi connectivity index (χ4v) is 41.0. The number of hydrogen-bond donors (Lipinski definition) is 0. The quantitative estimate of drug-likeness (QED) is 0.152. The van der Waals surface area contributed by atoms with Gasteiger partial charge in [-0.2, -0.15) is 0 Å². The average molecular weight is 738 g/mol. The summed E-state index contributed by atoms with van der Waals surface area (Å²) < 4.78 is 0.150. The van der Waals surface area contributed by atoms with Gasteiger partial charge < -0.3 is 0 Å². The van der Waals surface area contributed by atoms with Crippen molar-refractivity contribution in [2.45, 2.75) is 55.0 Å². The van der Waals surface area contributed by atoms with E-state index in [9.17, 15) is 0 Å². The van der Waals surface area contributed by atoms with E-state index in [1.54, 1.807) is 0 Å². The van der Waals surface area contributed by atoms with E-state index >= 15 is 0 Å². The van der Waals surface area contributed by atoms with Gasteiger partial charge in [0.05, 0.1) is 0 Å². The zero-order valence-corrected chi connectivity index (χ0v) is 33.1. The van der Waals surface area contributed by atoms with Crippen molar-refractivity contribution in [2.75, 3.05) is 0 Å². The fourth-order valence-electron chi connectivity index (χ4n) is 8.71. The predicted octanol–water partition coefficient (Wildman–Crippen LogP) is 13.0. The predicted molar refractivity (Wildman–Crippen MR) is 203 cm³/mol. The Bertz CT molecular complexity index is 2100. The Hall–Kier alpha value is -2.48. The molecule has 0 aliphatic heterocycles. The van der Waals surface area contributed by atoms with Crippen molar-refractivity contribution >= 4 is 45.9 Å². The maximum absolute atomic E-state index is 8.68. The summed E-state index contributed by atoms with van der Waals surface area (Å²) in [6, 6.07) is 35.6. The van der Waals surface area contributed by atoms with E-state index in [2.05, 4.69) is 157 Å². The van der Waals surface area contributed by atoms with E-state index in [0.717, 1.165) is 0 Å². The molecule has 0 nitrogen and oxygen atoms in total. The molecule has 0 fully saturated rings. The normalized spacial score (nSPS) is 18.4. The zero-order valence-electron chi connectivity index (χ0n) is 28.0. The van der Waals surface area contributed by atoms with Gasteiger partial charge in [0.25, 0.3) is 0 Å². The first-order chi connectivity index (χ1) is 21.9. The van der Waals surface area contributed by atoms with Crippen LogP contribution in [0.2, 0.25) is 13.1 Å². The second kappa shape index (κ2) is 11.6. The standard InChI is InChI=1S/C21H17.C19H19.C2H7Si.2ClH.Zr/c1-14-12-20-15(2)10-11-19(21(20)13-14)18-9-5-7-16-6-3-4-8-17(16)18;1-13(2)16-11-15-8-6-10-18(19(15)12-16)17-9-5-4-7-14(17)3;1-3-2;;;/h3-13H,1-2H3;4-13H,1-3H3;3H,1-2H3;2*1H;/q;;;;;+2/p-2. The Balaban J connectivity index is 1.48. The van der Waals surface area contributed by atoms with Gasteiger partial charge in [-0.25, -0.2) is 0 Å². The monoisotopic (exact) mass is 735 g/mol. The van der Waals surface area contributed by atoms with Crippen LogP contribution in [0.25, 0.3) is 45.2 Å². The second-order valence-electron chi connectivity index (χ2n) is 14.3. The molecule has 0 heterocycles. The van der Waals surface area contributed by atoms with E-state index in [-0.39, 0.29) is 7.25 Å². The third kappa shape index (κ3) is 4.69. The van der Waals surface area contributed by atoms with Gasteiger partial charge in [-0.1, -0.05) is 0 Å². The Kier molecular flexibility index (Phi) is 8.09. The molecule has 46 heavy (non-hydrogen) atoms. The molecule has 0 radical (unpaired) electrons. The Morgan fingerprint density at radius 3 is 1.98 bits per heavy atom. The van der Waals surface area contributed by atoms with Gasteiger partial charge in [0.1, 0.15) is 0 Å². The summed E-state index contributed by atoms with van der Waals surface area (Å²) in [7, 11) is 17.4. The maximum atomic E-state index is 8.68. The molecule has 0 spiro atoms. The topological polar surface area (TPSA) is 0 Å². The molecule has 5 aromatic rings. The Morgan fingerprint density at radius 2 is 1.24 bits per heavy atom. The number of aryl methyl sites for hydroxylation is 2. The van der Waals surface area contributed by atoms with Crippen LogP contribution in [0.4, 0.5) is 0 Å². The Labute approximate surface area is 284 Å². The second-order valence-corrected chi connectivity index (χ2v) is 56.8. The number of benzene rings is 5. The summed E-state index contributed by atoms with van der Waals surface area (Å²) in [5.74, 6) is -1.31.